The Morgan fingerprint density at radius 3 is 2.82 bits per heavy atom. The molecular formula is C9H9ClN6O. The van der Waals surface area contributed by atoms with Gasteiger partial charge in [0.1, 0.15) is 16.5 Å². The first-order chi connectivity index (χ1) is 8.08. The number of nitrogens with two attached hydrogens (primary N) is 2. The minimum absolute atomic E-state index is 0.111. The number of aromatic amines is 1. The first-order valence-corrected chi connectivity index (χ1v) is 4.98. The second-order valence-electron chi connectivity index (χ2n) is 3.22. The Morgan fingerprint density at radius 1 is 1.47 bits per heavy atom. The molecule has 2 aromatic heterocycles. The van der Waals surface area contributed by atoms with E-state index in [2.05, 4.69) is 20.5 Å². The molecule has 0 aromatic carbocycles. The average Bonchev–Trinajstić information content (AvgIpc) is 2.63. The number of pyridine rings is 1. The van der Waals surface area contributed by atoms with E-state index in [4.69, 9.17) is 23.1 Å². The number of H-pyrrole nitrogens is 1. The number of carbonyl (C=O) groups is 1. The maximum atomic E-state index is 11.2. The molecule has 88 valence electrons. The van der Waals surface area contributed by atoms with Crippen molar-refractivity contribution in [3.05, 3.63) is 29.0 Å². The van der Waals surface area contributed by atoms with Crippen LogP contribution in [0.4, 0.5) is 17.3 Å². The van der Waals surface area contributed by atoms with Crippen molar-refractivity contribution in [1.82, 2.24) is 15.2 Å². The number of amides is 1. The molecular weight excluding hydrogens is 244 g/mol. The fourth-order valence-corrected chi connectivity index (χ4v) is 1.39. The van der Waals surface area contributed by atoms with Crippen LogP contribution < -0.4 is 16.8 Å². The highest BCUT2D eigenvalue weighted by Crippen LogP contribution is 2.22. The van der Waals surface area contributed by atoms with E-state index in [0.717, 1.165) is 0 Å². The van der Waals surface area contributed by atoms with E-state index >= 15 is 0 Å². The van der Waals surface area contributed by atoms with E-state index in [0.29, 0.717) is 10.8 Å². The molecule has 0 fully saturated rings. The summed E-state index contributed by atoms with van der Waals surface area (Å²) in [5, 5.41) is 9.53. The molecule has 0 saturated heterocycles. The lowest BCUT2D eigenvalue weighted by Crippen LogP contribution is -2.14. The van der Waals surface area contributed by atoms with Gasteiger partial charge >= 0.3 is 0 Å². The first-order valence-electron chi connectivity index (χ1n) is 4.60. The number of nitrogen functional groups attached to an aromatic ring is 1. The van der Waals surface area contributed by atoms with Crippen LogP contribution in [0.2, 0.25) is 5.15 Å². The van der Waals surface area contributed by atoms with Crippen LogP contribution in [0, 0.1) is 0 Å². The number of rotatable bonds is 3. The van der Waals surface area contributed by atoms with E-state index in [1.807, 2.05) is 0 Å². The zero-order valence-electron chi connectivity index (χ0n) is 8.57. The van der Waals surface area contributed by atoms with Crippen molar-refractivity contribution in [2.24, 2.45) is 5.73 Å². The molecule has 0 unspecified atom stereocenters. The highest BCUT2D eigenvalue weighted by Gasteiger charge is 2.16. The predicted molar refractivity (Wildman–Crippen MR) is 64.0 cm³/mol. The van der Waals surface area contributed by atoms with Crippen LogP contribution in [0.25, 0.3) is 0 Å². The molecule has 0 bridgehead atoms. The number of aromatic nitrogens is 3. The van der Waals surface area contributed by atoms with Gasteiger partial charge < -0.3 is 16.8 Å². The summed E-state index contributed by atoms with van der Waals surface area (Å²) in [6, 6.07) is 3.29. The van der Waals surface area contributed by atoms with Crippen LogP contribution in [0.1, 0.15) is 10.4 Å². The standard InChI is InChI=1S/C9H9ClN6O/c10-5-2-1-4(3-13-5)14-9-6(8(12)17)7(11)15-16-9/h1-3H,(H2,12,17)(H4,11,14,15,16). The molecule has 0 aliphatic heterocycles. The van der Waals surface area contributed by atoms with E-state index in [-0.39, 0.29) is 17.2 Å². The number of nitrogens with one attached hydrogen (secondary N) is 2. The van der Waals surface area contributed by atoms with Crippen molar-refractivity contribution >= 4 is 34.8 Å². The van der Waals surface area contributed by atoms with Crippen molar-refractivity contribution in [1.29, 1.82) is 0 Å². The predicted octanol–water partition coefficient (Wildman–Crippen LogP) is 0.883. The molecule has 2 rings (SSSR count). The second-order valence-corrected chi connectivity index (χ2v) is 3.61. The Balaban J connectivity index is 2.30. The van der Waals surface area contributed by atoms with Gasteiger partial charge in [-0.15, -0.1) is 0 Å². The van der Waals surface area contributed by atoms with Gasteiger partial charge in [0.15, 0.2) is 5.82 Å². The molecule has 2 aromatic rings. The summed E-state index contributed by atoms with van der Waals surface area (Å²) in [6.07, 6.45) is 1.50. The molecule has 8 heteroatoms. The monoisotopic (exact) mass is 252 g/mol. The average molecular weight is 253 g/mol. The van der Waals surface area contributed by atoms with Gasteiger partial charge in [0.05, 0.1) is 11.9 Å². The molecule has 0 atom stereocenters. The molecule has 0 aliphatic rings. The van der Waals surface area contributed by atoms with Crippen LogP contribution in [-0.2, 0) is 0 Å². The third-order valence-corrected chi connectivity index (χ3v) is 2.25. The molecule has 0 radical (unpaired) electrons. The summed E-state index contributed by atoms with van der Waals surface area (Å²) >= 11 is 5.65. The molecule has 7 nitrogen and oxygen atoms in total. The zero-order chi connectivity index (χ0) is 12.4. The lowest BCUT2D eigenvalue weighted by atomic mass is 10.3. The maximum Gasteiger partial charge on any atom is 0.256 e. The number of halogens is 1. The van der Waals surface area contributed by atoms with Crippen LogP contribution in [0.3, 0.4) is 0 Å². The minimum Gasteiger partial charge on any atom is -0.383 e. The fourth-order valence-electron chi connectivity index (χ4n) is 1.28. The van der Waals surface area contributed by atoms with Gasteiger partial charge in [-0.25, -0.2) is 4.98 Å². The summed E-state index contributed by atoms with van der Waals surface area (Å²) in [7, 11) is 0. The molecule has 0 saturated carbocycles. The maximum absolute atomic E-state index is 11.2. The quantitative estimate of drug-likeness (QED) is 0.604. The van der Waals surface area contributed by atoms with Gasteiger partial charge in [-0.1, -0.05) is 11.6 Å². The summed E-state index contributed by atoms with van der Waals surface area (Å²) in [6.45, 7) is 0. The molecule has 0 spiro atoms. The summed E-state index contributed by atoms with van der Waals surface area (Å²) in [5.74, 6) is -0.304. The lowest BCUT2D eigenvalue weighted by molar-refractivity contribution is 0.100. The highest BCUT2D eigenvalue weighted by atomic mass is 35.5. The molecule has 17 heavy (non-hydrogen) atoms. The van der Waals surface area contributed by atoms with Gasteiger partial charge in [0.25, 0.3) is 5.91 Å². The van der Waals surface area contributed by atoms with Crippen molar-refractivity contribution in [2.45, 2.75) is 0 Å². The number of primary amides is 1. The van der Waals surface area contributed by atoms with Gasteiger partial charge in [-0.05, 0) is 12.1 Å². The van der Waals surface area contributed by atoms with Crippen LogP contribution in [-0.4, -0.2) is 21.1 Å². The lowest BCUT2D eigenvalue weighted by Gasteiger charge is -2.03. The zero-order valence-corrected chi connectivity index (χ0v) is 9.32. The van der Waals surface area contributed by atoms with Crippen molar-refractivity contribution < 1.29 is 4.79 Å². The van der Waals surface area contributed by atoms with Crippen LogP contribution in [0.15, 0.2) is 18.3 Å². The number of nitrogens with zero attached hydrogens (tertiary/aromatic N) is 2. The van der Waals surface area contributed by atoms with E-state index < -0.39 is 5.91 Å². The number of anilines is 3. The number of hydrogen-bond acceptors (Lipinski definition) is 5. The summed E-state index contributed by atoms with van der Waals surface area (Å²) < 4.78 is 0. The number of hydrogen-bond donors (Lipinski definition) is 4. The van der Waals surface area contributed by atoms with Crippen molar-refractivity contribution in [3.8, 4) is 0 Å². The Morgan fingerprint density at radius 2 is 2.24 bits per heavy atom. The third-order valence-electron chi connectivity index (χ3n) is 2.03. The van der Waals surface area contributed by atoms with E-state index in [9.17, 15) is 4.79 Å². The minimum atomic E-state index is -0.666. The Bertz CT molecular complexity index is 549. The van der Waals surface area contributed by atoms with Gasteiger partial charge in [0.2, 0.25) is 0 Å². The first kappa shape index (κ1) is 11.2. The van der Waals surface area contributed by atoms with E-state index in [1.165, 1.54) is 6.20 Å². The molecule has 0 aliphatic carbocycles. The molecule has 1 amide bonds. The van der Waals surface area contributed by atoms with Gasteiger partial charge in [0, 0.05) is 0 Å². The normalized spacial score (nSPS) is 10.2. The van der Waals surface area contributed by atoms with Crippen LogP contribution in [0.5, 0.6) is 0 Å². The van der Waals surface area contributed by atoms with Crippen LogP contribution >= 0.6 is 11.6 Å². The Labute approximate surface area is 101 Å². The summed E-state index contributed by atoms with van der Waals surface area (Å²) in [5.41, 5.74) is 11.4. The molecule has 6 N–H and O–H groups in total. The van der Waals surface area contributed by atoms with Crippen molar-refractivity contribution in [2.75, 3.05) is 11.1 Å². The number of carbonyl (C=O) groups excluding carboxylic acids is 1. The van der Waals surface area contributed by atoms with Gasteiger partial charge in [-0.2, -0.15) is 5.10 Å². The van der Waals surface area contributed by atoms with E-state index in [1.54, 1.807) is 12.1 Å². The Hall–Kier alpha value is -2.28. The topological polar surface area (TPSA) is 123 Å². The van der Waals surface area contributed by atoms with Gasteiger partial charge in [-0.3, -0.25) is 9.89 Å². The summed E-state index contributed by atoms with van der Waals surface area (Å²) in [4.78, 5) is 15.0. The largest absolute Gasteiger partial charge is 0.383 e. The van der Waals surface area contributed by atoms with Crippen molar-refractivity contribution in [3.63, 3.8) is 0 Å². The fraction of sp³-hybridized carbons (Fsp3) is 0. The Kier molecular flexibility index (Phi) is 2.84. The smallest absolute Gasteiger partial charge is 0.256 e. The third kappa shape index (κ3) is 2.28. The second kappa shape index (κ2) is 4.30. The highest BCUT2D eigenvalue weighted by molar-refractivity contribution is 6.29. The molecule has 2 heterocycles. The SMILES string of the molecule is NC(=O)c1c(Nc2ccc(Cl)nc2)n[nH]c1N.